The van der Waals surface area contributed by atoms with Gasteiger partial charge >= 0.3 is 0 Å². The average molecular weight is 329 g/mol. The van der Waals surface area contributed by atoms with Crippen LogP contribution in [-0.2, 0) is 6.54 Å². The van der Waals surface area contributed by atoms with Crippen molar-refractivity contribution in [3.05, 3.63) is 29.7 Å². The van der Waals surface area contributed by atoms with Crippen molar-refractivity contribution in [3.63, 3.8) is 0 Å². The van der Waals surface area contributed by atoms with Gasteiger partial charge in [-0.2, -0.15) is 4.98 Å². The summed E-state index contributed by atoms with van der Waals surface area (Å²) in [5, 5.41) is 7.75. The Bertz CT molecular complexity index is 698. The van der Waals surface area contributed by atoms with Crippen molar-refractivity contribution in [3.8, 4) is 17.1 Å². The van der Waals surface area contributed by atoms with E-state index in [-0.39, 0.29) is 5.54 Å². The van der Waals surface area contributed by atoms with E-state index in [0.717, 1.165) is 16.9 Å². The number of rotatable bonds is 5. The maximum Gasteiger partial charge on any atom is 0.240 e. The number of aromatic nitrogens is 2. The Morgan fingerprint density at radius 2 is 2.21 bits per heavy atom. The Balaban J connectivity index is 1.69. The number of hydrogen-bond donors (Lipinski definition) is 1. The first kappa shape index (κ1) is 17.0. The lowest BCUT2D eigenvalue weighted by molar-refractivity contribution is 0.165. The second-order valence-corrected chi connectivity index (χ2v) is 7.11. The number of ether oxygens (including phenoxy) is 1. The second kappa shape index (κ2) is 6.93. The number of methoxy groups -OCH3 is 1. The highest BCUT2D eigenvalue weighted by molar-refractivity contribution is 5.58. The molecule has 1 aliphatic carbocycles. The van der Waals surface area contributed by atoms with Crippen LogP contribution in [0, 0.1) is 12.8 Å². The highest BCUT2D eigenvalue weighted by Crippen LogP contribution is 2.33. The SMILES string of the molecule is COc1cc(-c2noc(CNC3(C)CCCCC3C)n2)ccc1C. The summed E-state index contributed by atoms with van der Waals surface area (Å²) in [6.07, 6.45) is 5.09. The van der Waals surface area contributed by atoms with Crippen molar-refractivity contribution in [2.75, 3.05) is 7.11 Å². The van der Waals surface area contributed by atoms with Crippen LogP contribution in [0.4, 0.5) is 0 Å². The number of nitrogens with one attached hydrogen (secondary N) is 1. The zero-order valence-electron chi connectivity index (χ0n) is 15.1. The molecule has 0 aliphatic heterocycles. The van der Waals surface area contributed by atoms with Crippen molar-refractivity contribution in [1.82, 2.24) is 15.5 Å². The summed E-state index contributed by atoms with van der Waals surface area (Å²) in [5.74, 6) is 2.73. The molecule has 1 aliphatic rings. The van der Waals surface area contributed by atoms with Crippen LogP contribution < -0.4 is 10.1 Å². The fraction of sp³-hybridized carbons (Fsp3) is 0.579. The topological polar surface area (TPSA) is 60.2 Å². The summed E-state index contributed by atoms with van der Waals surface area (Å²) in [5.41, 5.74) is 2.15. The van der Waals surface area contributed by atoms with E-state index in [4.69, 9.17) is 9.26 Å². The van der Waals surface area contributed by atoms with Crippen LogP contribution >= 0.6 is 0 Å². The number of hydrogen-bond acceptors (Lipinski definition) is 5. The van der Waals surface area contributed by atoms with E-state index < -0.39 is 0 Å². The van der Waals surface area contributed by atoms with Crippen LogP contribution in [0.5, 0.6) is 5.75 Å². The smallest absolute Gasteiger partial charge is 0.240 e. The predicted octanol–water partition coefficient (Wildman–Crippen LogP) is 4.11. The lowest BCUT2D eigenvalue weighted by Crippen LogP contribution is -2.49. The standard InChI is InChI=1S/C19H27N3O2/c1-13-8-9-15(11-16(13)23-4)18-21-17(24-22-18)12-20-19(3)10-6-5-7-14(19)2/h8-9,11,14,20H,5-7,10,12H2,1-4H3. The first-order valence-corrected chi connectivity index (χ1v) is 8.74. The van der Waals surface area contributed by atoms with Crippen LogP contribution in [0.1, 0.15) is 51.0 Å². The maximum atomic E-state index is 5.43. The summed E-state index contributed by atoms with van der Waals surface area (Å²) in [6.45, 7) is 7.25. The van der Waals surface area contributed by atoms with Gasteiger partial charge in [-0.1, -0.05) is 37.1 Å². The van der Waals surface area contributed by atoms with Gasteiger partial charge in [0.1, 0.15) is 5.75 Å². The largest absolute Gasteiger partial charge is 0.496 e. The van der Waals surface area contributed by atoms with E-state index in [1.54, 1.807) is 7.11 Å². The van der Waals surface area contributed by atoms with Gasteiger partial charge in [-0.15, -0.1) is 0 Å². The van der Waals surface area contributed by atoms with Gasteiger partial charge in [-0.3, -0.25) is 0 Å². The molecule has 0 amide bonds. The Hall–Kier alpha value is -1.88. The van der Waals surface area contributed by atoms with Gasteiger partial charge in [-0.05, 0) is 44.2 Å². The summed E-state index contributed by atoms with van der Waals surface area (Å²) in [4.78, 5) is 4.53. The van der Waals surface area contributed by atoms with Crippen LogP contribution in [0.15, 0.2) is 22.7 Å². The van der Waals surface area contributed by atoms with Gasteiger partial charge in [-0.25, -0.2) is 0 Å². The van der Waals surface area contributed by atoms with E-state index >= 15 is 0 Å². The van der Waals surface area contributed by atoms with Crippen LogP contribution in [0.2, 0.25) is 0 Å². The molecule has 2 unspecified atom stereocenters. The molecule has 5 nitrogen and oxygen atoms in total. The zero-order valence-corrected chi connectivity index (χ0v) is 15.1. The molecule has 1 aromatic carbocycles. The fourth-order valence-corrected chi connectivity index (χ4v) is 3.45. The van der Waals surface area contributed by atoms with E-state index in [1.807, 2.05) is 25.1 Å². The molecule has 24 heavy (non-hydrogen) atoms. The summed E-state index contributed by atoms with van der Waals surface area (Å²) in [7, 11) is 1.67. The minimum atomic E-state index is 0.153. The van der Waals surface area contributed by atoms with E-state index in [9.17, 15) is 0 Å². The van der Waals surface area contributed by atoms with Crippen LogP contribution in [0.25, 0.3) is 11.4 Å². The molecule has 1 aromatic heterocycles. The van der Waals surface area contributed by atoms with Gasteiger partial charge in [0.25, 0.3) is 0 Å². The quantitative estimate of drug-likeness (QED) is 0.894. The summed E-state index contributed by atoms with van der Waals surface area (Å²) in [6, 6.07) is 5.94. The van der Waals surface area contributed by atoms with Gasteiger partial charge in [0.15, 0.2) is 0 Å². The first-order valence-electron chi connectivity index (χ1n) is 8.74. The molecule has 1 saturated carbocycles. The summed E-state index contributed by atoms with van der Waals surface area (Å²) >= 11 is 0. The monoisotopic (exact) mass is 329 g/mol. The molecule has 1 fully saturated rings. The minimum absolute atomic E-state index is 0.153. The Kier molecular flexibility index (Phi) is 4.90. The van der Waals surface area contributed by atoms with Crippen molar-refractivity contribution < 1.29 is 9.26 Å². The minimum Gasteiger partial charge on any atom is -0.496 e. The molecule has 0 spiro atoms. The number of benzene rings is 1. The van der Waals surface area contributed by atoms with Crippen molar-refractivity contribution in [2.45, 2.75) is 58.5 Å². The van der Waals surface area contributed by atoms with E-state index in [1.165, 1.54) is 25.7 Å². The molecule has 0 saturated heterocycles. The Morgan fingerprint density at radius 1 is 1.38 bits per heavy atom. The average Bonchev–Trinajstić information content (AvgIpc) is 3.05. The highest BCUT2D eigenvalue weighted by atomic mass is 16.5. The molecule has 0 bridgehead atoms. The van der Waals surface area contributed by atoms with Gasteiger partial charge in [0.2, 0.25) is 11.7 Å². The molecule has 1 N–H and O–H groups in total. The molecule has 0 radical (unpaired) electrons. The maximum absolute atomic E-state index is 5.43. The Labute approximate surface area is 143 Å². The Morgan fingerprint density at radius 3 is 2.96 bits per heavy atom. The molecular formula is C19H27N3O2. The van der Waals surface area contributed by atoms with E-state index in [2.05, 4.69) is 29.3 Å². The molecule has 3 rings (SSSR count). The van der Waals surface area contributed by atoms with Gasteiger partial charge in [0.05, 0.1) is 13.7 Å². The lowest BCUT2D eigenvalue weighted by Gasteiger charge is -2.40. The number of nitrogens with zero attached hydrogens (tertiary/aromatic N) is 2. The van der Waals surface area contributed by atoms with Crippen LogP contribution in [0.3, 0.4) is 0 Å². The van der Waals surface area contributed by atoms with Crippen molar-refractivity contribution >= 4 is 0 Å². The third kappa shape index (κ3) is 3.46. The lowest BCUT2D eigenvalue weighted by atomic mass is 9.75. The third-order valence-corrected chi connectivity index (χ3v) is 5.45. The van der Waals surface area contributed by atoms with Gasteiger partial charge in [0, 0.05) is 11.1 Å². The molecule has 1 heterocycles. The second-order valence-electron chi connectivity index (χ2n) is 7.11. The fourth-order valence-electron chi connectivity index (χ4n) is 3.45. The number of aryl methyl sites for hydroxylation is 1. The molecule has 130 valence electrons. The van der Waals surface area contributed by atoms with Crippen molar-refractivity contribution in [1.29, 1.82) is 0 Å². The third-order valence-electron chi connectivity index (χ3n) is 5.45. The zero-order chi connectivity index (χ0) is 17.2. The molecule has 2 atom stereocenters. The first-order chi connectivity index (χ1) is 11.5. The molecule has 5 heteroatoms. The molecular weight excluding hydrogens is 302 g/mol. The predicted molar refractivity (Wildman–Crippen MR) is 93.9 cm³/mol. The molecule has 2 aromatic rings. The summed E-state index contributed by atoms with van der Waals surface area (Å²) < 4.78 is 10.8. The van der Waals surface area contributed by atoms with Crippen molar-refractivity contribution in [2.24, 2.45) is 5.92 Å². The van der Waals surface area contributed by atoms with Crippen LogP contribution in [-0.4, -0.2) is 22.8 Å². The highest BCUT2D eigenvalue weighted by Gasteiger charge is 2.33. The van der Waals surface area contributed by atoms with E-state index in [0.29, 0.717) is 24.2 Å². The normalized spacial score (nSPS) is 24.1. The van der Waals surface area contributed by atoms with Gasteiger partial charge < -0.3 is 14.6 Å².